The first-order valence-electron chi connectivity index (χ1n) is 9.63. The molecule has 2 spiro atoms. The second-order valence-electron chi connectivity index (χ2n) is 9.29. The van der Waals surface area contributed by atoms with Crippen molar-refractivity contribution < 1.29 is 0 Å². The van der Waals surface area contributed by atoms with Crippen LogP contribution in [0.3, 0.4) is 0 Å². The van der Waals surface area contributed by atoms with Crippen LogP contribution in [-0.2, 0) is 5.41 Å². The van der Waals surface area contributed by atoms with Gasteiger partial charge in [-0.05, 0) is 95.6 Å². The summed E-state index contributed by atoms with van der Waals surface area (Å²) >= 11 is 6.40. The number of halogens is 1. The van der Waals surface area contributed by atoms with Crippen molar-refractivity contribution in [3.05, 3.63) is 58.6 Å². The molecular weight excluding hydrogens is 312 g/mol. The number of rotatable bonds is 0. The zero-order chi connectivity index (χ0) is 15.7. The molecule has 4 saturated carbocycles. The fourth-order valence-corrected chi connectivity index (χ4v) is 8.78. The van der Waals surface area contributed by atoms with E-state index in [1.54, 1.807) is 11.1 Å². The average Bonchev–Trinajstić information content (AvgIpc) is 3.11. The minimum Gasteiger partial charge on any atom is -0.0843 e. The highest BCUT2D eigenvalue weighted by atomic mass is 35.5. The lowest BCUT2D eigenvalue weighted by molar-refractivity contribution is -0.0820. The molecule has 4 atom stereocenters. The van der Waals surface area contributed by atoms with Gasteiger partial charge in [0.2, 0.25) is 0 Å². The van der Waals surface area contributed by atoms with E-state index >= 15 is 0 Å². The van der Waals surface area contributed by atoms with Gasteiger partial charge in [0.1, 0.15) is 0 Å². The number of fused-ring (bicyclic) bond motifs is 9. The second kappa shape index (κ2) is 3.78. The molecule has 5 aliphatic carbocycles. The van der Waals surface area contributed by atoms with Crippen LogP contribution in [-0.4, -0.2) is 0 Å². The van der Waals surface area contributed by atoms with Gasteiger partial charge in [-0.25, -0.2) is 0 Å². The summed E-state index contributed by atoms with van der Waals surface area (Å²) in [5, 5.41) is 0.881. The van der Waals surface area contributed by atoms with E-state index in [2.05, 4.69) is 42.5 Å². The van der Waals surface area contributed by atoms with Crippen molar-refractivity contribution in [2.75, 3.05) is 0 Å². The van der Waals surface area contributed by atoms with Crippen molar-refractivity contribution >= 4 is 11.6 Å². The Labute approximate surface area is 148 Å². The monoisotopic (exact) mass is 332 g/mol. The van der Waals surface area contributed by atoms with E-state index in [1.165, 1.54) is 43.2 Å². The van der Waals surface area contributed by atoms with Crippen molar-refractivity contribution in [1.82, 2.24) is 0 Å². The minimum absolute atomic E-state index is 0.320. The Morgan fingerprint density at radius 3 is 2.29 bits per heavy atom. The summed E-state index contributed by atoms with van der Waals surface area (Å²) in [7, 11) is 0. The van der Waals surface area contributed by atoms with Gasteiger partial charge in [-0.15, -0.1) is 0 Å². The van der Waals surface area contributed by atoms with Crippen molar-refractivity contribution in [3.63, 3.8) is 0 Å². The fourth-order valence-electron chi connectivity index (χ4n) is 8.60. The third-order valence-corrected chi connectivity index (χ3v) is 8.95. The molecule has 2 aromatic carbocycles. The molecule has 5 aliphatic rings. The highest BCUT2D eigenvalue weighted by Gasteiger charge is 2.79. The number of hydrogen-bond acceptors (Lipinski definition) is 0. The van der Waals surface area contributed by atoms with Crippen molar-refractivity contribution in [1.29, 1.82) is 0 Å². The summed E-state index contributed by atoms with van der Waals surface area (Å²) in [5.41, 5.74) is 7.16. The Kier molecular flexibility index (Phi) is 2.05. The Hall–Kier alpha value is -1.27. The topological polar surface area (TPSA) is 0 Å². The van der Waals surface area contributed by atoms with Gasteiger partial charge in [-0.3, -0.25) is 0 Å². The van der Waals surface area contributed by atoms with Crippen LogP contribution in [0.25, 0.3) is 11.1 Å². The minimum atomic E-state index is 0.320. The van der Waals surface area contributed by atoms with E-state index in [0.717, 1.165) is 28.7 Å². The average molecular weight is 333 g/mol. The Morgan fingerprint density at radius 2 is 1.50 bits per heavy atom. The van der Waals surface area contributed by atoms with Crippen LogP contribution in [0, 0.1) is 29.1 Å². The molecule has 4 unspecified atom stereocenters. The highest BCUT2D eigenvalue weighted by molar-refractivity contribution is 6.31. The van der Waals surface area contributed by atoms with Crippen LogP contribution in [0.15, 0.2) is 42.5 Å². The summed E-state index contributed by atoms with van der Waals surface area (Å²) in [4.78, 5) is 0. The van der Waals surface area contributed by atoms with Gasteiger partial charge >= 0.3 is 0 Å². The molecule has 4 fully saturated rings. The molecule has 3 bridgehead atoms. The maximum absolute atomic E-state index is 6.40. The SMILES string of the molecule is Clc1ccc2c(c1)-c1ccccc1C21C2CC3CC4CC1C2(C3)C4. The molecule has 1 heteroatoms. The molecule has 0 nitrogen and oxygen atoms in total. The van der Waals surface area contributed by atoms with Gasteiger partial charge in [0.25, 0.3) is 0 Å². The highest BCUT2D eigenvalue weighted by Crippen LogP contribution is 2.85. The molecular formula is C23H21Cl. The van der Waals surface area contributed by atoms with Gasteiger partial charge in [0, 0.05) is 10.4 Å². The summed E-state index contributed by atoms with van der Waals surface area (Å²) in [6.07, 6.45) is 7.55. The molecule has 7 rings (SSSR count). The lowest BCUT2D eigenvalue weighted by Gasteiger charge is -2.64. The molecule has 0 saturated heterocycles. The van der Waals surface area contributed by atoms with Gasteiger partial charge in [-0.2, -0.15) is 0 Å². The van der Waals surface area contributed by atoms with Crippen LogP contribution < -0.4 is 0 Å². The molecule has 0 aliphatic heterocycles. The van der Waals surface area contributed by atoms with Crippen LogP contribution in [0.2, 0.25) is 5.02 Å². The summed E-state index contributed by atoms with van der Waals surface area (Å²) in [6, 6.07) is 16.0. The number of benzene rings is 2. The van der Waals surface area contributed by atoms with Crippen LogP contribution in [0.1, 0.15) is 43.2 Å². The first-order chi connectivity index (χ1) is 11.7. The molecule has 2 aromatic rings. The zero-order valence-electron chi connectivity index (χ0n) is 13.8. The Bertz CT molecular complexity index is 886. The molecule has 0 heterocycles. The fraction of sp³-hybridized carbons (Fsp3) is 0.478. The third kappa shape index (κ3) is 1.12. The molecule has 24 heavy (non-hydrogen) atoms. The van der Waals surface area contributed by atoms with E-state index < -0.39 is 0 Å². The van der Waals surface area contributed by atoms with Gasteiger partial charge < -0.3 is 0 Å². The molecule has 120 valence electrons. The predicted molar refractivity (Wildman–Crippen MR) is 97.1 cm³/mol. The van der Waals surface area contributed by atoms with E-state index in [-0.39, 0.29) is 0 Å². The second-order valence-corrected chi connectivity index (χ2v) is 9.73. The van der Waals surface area contributed by atoms with Gasteiger partial charge in [-0.1, -0.05) is 41.9 Å². The third-order valence-electron chi connectivity index (χ3n) is 8.72. The number of hydrogen-bond donors (Lipinski definition) is 0. The molecule has 0 aromatic heterocycles. The standard InChI is InChI=1S/C23H21Cl/c24-15-5-6-19-17(10-15)16-3-1-2-4-18(16)23(19)20-8-13-7-14-9-21(23)22(20,11-13)12-14/h1-6,10,13-14,20-21H,7-9,11-12H2. The summed E-state index contributed by atoms with van der Waals surface area (Å²) < 4.78 is 0. The maximum atomic E-state index is 6.40. The molecule has 0 N–H and O–H groups in total. The van der Waals surface area contributed by atoms with E-state index in [4.69, 9.17) is 11.6 Å². The van der Waals surface area contributed by atoms with Crippen LogP contribution in [0.5, 0.6) is 0 Å². The summed E-state index contributed by atoms with van der Waals surface area (Å²) in [5.74, 6) is 3.80. The first kappa shape index (κ1) is 13.0. The van der Waals surface area contributed by atoms with Crippen LogP contribution >= 0.6 is 11.6 Å². The van der Waals surface area contributed by atoms with E-state index in [9.17, 15) is 0 Å². The van der Waals surface area contributed by atoms with Crippen molar-refractivity contribution in [2.45, 2.75) is 37.5 Å². The van der Waals surface area contributed by atoms with E-state index in [0.29, 0.717) is 10.8 Å². The first-order valence-corrected chi connectivity index (χ1v) is 10.0. The molecule has 0 amide bonds. The smallest absolute Gasteiger partial charge is 0.0412 e. The van der Waals surface area contributed by atoms with Crippen LogP contribution in [0.4, 0.5) is 0 Å². The predicted octanol–water partition coefficient (Wildman–Crippen LogP) is 6.06. The lowest BCUT2D eigenvalue weighted by atomic mass is 9.38. The Balaban J connectivity index is 1.57. The largest absolute Gasteiger partial charge is 0.0843 e. The van der Waals surface area contributed by atoms with Gasteiger partial charge in [0.05, 0.1) is 0 Å². The zero-order valence-corrected chi connectivity index (χ0v) is 14.5. The summed E-state index contributed by atoms with van der Waals surface area (Å²) in [6.45, 7) is 0. The van der Waals surface area contributed by atoms with E-state index in [1.807, 2.05) is 0 Å². The Morgan fingerprint density at radius 1 is 0.792 bits per heavy atom. The molecule has 0 radical (unpaired) electrons. The van der Waals surface area contributed by atoms with Crippen molar-refractivity contribution in [3.8, 4) is 11.1 Å². The van der Waals surface area contributed by atoms with Gasteiger partial charge in [0.15, 0.2) is 0 Å². The quantitative estimate of drug-likeness (QED) is 0.550. The maximum Gasteiger partial charge on any atom is 0.0412 e. The normalized spacial score (nSPS) is 45.2. The van der Waals surface area contributed by atoms with Crippen molar-refractivity contribution in [2.24, 2.45) is 29.1 Å². The lowest BCUT2D eigenvalue weighted by Crippen LogP contribution is -2.62.